The summed E-state index contributed by atoms with van der Waals surface area (Å²) in [6.45, 7) is 0. The van der Waals surface area contributed by atoms with Gasteiger partial charge in [-0.3, -0.25) is 14.3 Å². The number of aromatic nitrogens is 3. The average Bonchev–Trinajstić information content (AvgIpc) is 2.67. The van der Waals surface area contributed by atoms with E-state index in [9.17, 15) is 4.79 Å². The van der Waals surface area contributed by atoms with Crippen molar-refractivity contribution in [3.05, 3.63) is 59.4 Å². The van der Waals surface area contributed by atoms with Gasteiger partial charge in [0.2, 0.25) is 0 Å². The first-order valence-electron chi connectivity index (χ1n) is 7.98. The molecule has 26 heavy (non-hydrogen) atoms. The van der Waals surface area contributed by atoms with Crippen LogP contribution in [0.5, 0.6) is 5.75 Å². The molecule has 0 aliphatic rings. The molecule has 134 valence electrons. The van der Waals surface area contributed by atoms with Crippen LogP contribution in [-0.2, 0) is 0 Å². The molecule has 0 N–H and O–H groups in total. The number of hydrogen-bond acceptors (Lipinski definition) is 6. The van der Waals surface area contributed by atoms with Gasteiger partial charge in [-0.1, -0.05) is 0 Å². The number of ether oxygens (including phenoxy) is 1. The summed E-state index contributed by atoms with van der Waals surface area (Å²) in [6.07, 6.45) is 6.92. The predicted molar refractivity (Wildman–Crippen MR) is 106 cm³/mol. The largest absolute Gasteiger partial charge is 0.497 e. The van der Waals surface area contributed by atoms with Crippen molar-refractivity contribution >= 4 is 17.4 Å². The molecule has 0 bridgehead atoms. The fourth-order valence-corrected chi connectivity index (χ4v) is 3.33. The summed E-state index contributed by atoms with van der Waals surface area (Å²) in [5, 5.41) is 0. The number of nitrogens with zero attached hydrogens (tertiary/aromatic N) is 4. The number of thioether (sulfide) groups is 1. The van der Waals surface area contributed by atoms with Gasteiger partial charge in [0.25, 0.3) is 5.56 Å². The molecule has 3 rings (SSSR count). The number of pyridine rings is 1. The van der Waals surface area contributed by atoms with Gasteiger partial charge in [0, 0.05) is 37.7 Å². The van der Waals surface area contributed by atoms with Crippen LogP contribution in [0.3, 0.4) is 0 Å². The maximum absolute atomic E-state index is 13.1. The molecule has 0 atom stereocenters. The molecular weight excluding hydrogens is 348 g/mol. The Morgan fingerprint density at radius 3 is 2.50 bits per heavy atom. The summed E-state index contributed by atoms with van der Waals surface area (Å²) >= 11 is 1.39. The molecule has 1 aromatic carbocycles. The van der Waals surface area contributed by atoms with E-state index in [0.717, 1.165) is 22.7 Å². The third kappa shape index (κ3) is 3.30. The normalized spacial score (nSPS) is 10.6. The van der Waals surface area contributed by atoms with E-state index in [1.807, 2.05) is 55.6 Å². The standard InChI is InChI=1S/C19H20N4O2S/c1-22(2)16-9-10-20-11-15(16)17-18(26-4)19(24)23(12-21-17)13-5-7-14(25-3)8-6-13/h5-12H,1-4H3. The number of benzene rings is 1. The zero-order valence-corrected chi connectivity index (χ0v) is 15.9. The van der Waals surface area contributed by atoms with Crippen molar-refractivity contribution in [1.29, 1.82) is 0 Å². The second kappa shape index (κ2) is 7.61. The Bertz CT molecular complexity index is 968. The molecule has 0 aliphatic heterocycles. The zero-order valence-electron chi connectivity index (χ0n) is 15.1. The van der Waals surface area contributed by atoms with E-state index >= 15 is 0 Å². The number of hydrogen-bond donors (Lipinski definition) is 0. The summed E-state index contributed by atoms with van der Waals surface area (Å²) in [5.74, 6) is 0.738. The molecule has 0 aliphatic carbocycles. The van der Waals surface area contributed by atoms with Crippen molar-refractivity contribution < 1.29 is 4.74 Å². The van der Waals surface area contributed by atoms with Crippen LogP contribution in [-0.4, -0.2) is 42.0 Å². The van der Waals surface area contributed by atoms with E-state index in [-0.39, 0.29) is 5.56 Å². The molecule has 0 unspecified atom stereocenters. The van der Waals surface area contributed by atoms with Crippen LogP contribution < -0.4 is 15.2 Å². The first-order valence-corrected chi connectivity index (χ1v) is 9.21. The lowest BCUT2D eigenvalue weighted by Crippen LogP contribution is -2.22. The summed E-state index contributed by atoms with van der Waals surface area (Å²) < 4.78 is 6.72. The smallest absolute Gasteiger partial charge is 0.272 e. The highest BCUT2D eigenvalue weighted by atomic mass is 32.2. The van der Waals surface area contributed by atoms with Gasteiger partial charge in [0.15, 0.2) is 0 Å². The van der Waals surface area contributed by atoms with Crippen LogP contribution in [0.2, 0.25) is 0 Å². The lowest BCUT2D eigenvalue weighted by atomic mass is 10.1. The maximum Gasteiger partial charge on any atom is 0.272 e. The van der Waals surface area contributed by atoms with E-state index in [2.05, 4.69) is 9.97 Å². The molecule has 0 spiro atoms. The summed E-state index contributed by atoms with van der Waals surface area (Å²) in [4.78, 5) is 24.4. The van der Waals surface area contributed by atoms with Gasteiger partial charge in [-0.15, -0.1) is 11.8 Å². The minimum Gasteiger partial charge on any atom is -0.497 e. The zero-order chi connectivity index (χ0) is 18.7. The quantitative estimate of drug-likeness (QED) is 0.645. The second-order valence-electron chi connectivity index (χ2n) is 5.79. The SMILES string of the molecule is COc1ccc(-n2cnc(-c3cnccc3N(C)C)c(SC)c2=O)cc1. The van der Waals surface area contributed by atoms with Gasteiger partial charge >= 0.3 is 0 Å². The van der Waals surface area contributed by atoms with Crippen LogP contribution in [0.4, 0.5) is 5.69 Å². The Kier molecular flexibility index (Phi) is 5.27. The van der Waals surface area contributed by atoms with Gasteiger partial charge in [-0.05, 0) is 36.6 Å². The summed E-state index contributed by atoms with van der Waals surface area (Å²) in [5.41, 5.74) is 3.07. The fraction of sp³-hybridized carbons (Fsp3) is 0.211. The highest BCUT2D eigenvalue weighted by molar-refractivity contribution is 7.98. The molecule has 0 amide bonds. The lowest BCUT2D eigenvalue weighted by molar-refractivity contribution is 0.414. The van der Waals surface area contributed by atoms with Crippen molar-refractivity contribution in [3.63, 3.8) is 0 Å². The third-order valence-electron chi connectivity index (χ3n) is 4.02. The molecule has 0 saturated heterocycles. The van der Waals surface area contributed by atoms with E-state index < -0.39 is 0 Å². The highest BCUT2D eigenvalue weighted by Gasteiger charge is 2.17. The van der Waals surface area contributed by atoms with Gasteiger partial charge < -0.3 is 9.64 Å². The molecular formula is C19H20N4O2S. The summed E-state index contributed by atoms with van der Waals surface area (Å²) in [7, 11) is 5.52. The lowest BCUT2D eigenvalue weighted by Gasteiger charge is -2.18. The van der Waals surface area contributed by atoms with Crippen molar-refractivity contribution in [2.24, 2.45) is 0 Å². The Labute approximate surface area is 156 Å². The molecule has 0 fully saturated rings. The first-order chi connectivity index (χ1) is 12.6. The molecule has 7 heteroatoms. The Balaban J connectivity index is 2.16. The predicted octanol–water partition coefficient (Wildman–Crippen LogP) is 3.09. The number of anilines is 1. The van der Waals surface area contributed by atoms with E-state index in [1.165, 1.54) is 11.8 Å². The third-order valence-corrected chi connectivity index (χ3v) is 4.80. The minimum atomic E-state index is -0.110. The monoisotopic (exact) mass is 368 g/mol. The van der Waals surface area contributed by atoms with Gasteiger partial charge in [-0.25, -0.2) is 4.98 Å². The molecule has 2 heterocycles. The first kappa shape index (κ1) is 18.0. The number of methoxy groups -OCH3 is 1. The van der Waals surface area contributed by atoms with E-state index in [0.29, 0.717) is 10.6 Å². The van der Waals surface area contributed by atoms with Gasteiger partial charge in [0.1, 0.15) is 12.1 Å². The van der Waals surface area contributed by atoms with Crippen molar-refractivity contribution in [1.82, 2.24) is 14.5 Å². The van der Waals surface area contributed by atoms with Crippen molar-refractivity contribution in [3.8, 4) is 22.7 Å². The summed E-state index contributed by atoms with van der Waals surface area (Å²) in [6, 6.07) is 9.22. The van der Waals surface area contributed by atoms with E-state index in [4.69, 9.17) is 4.74 Å². The number of rotatable bonds is 5. The van der Waals surface area contributed by atoms with Crippen LogP contribution in [0.25, 0.3) is 16.9 Å². The molecule has 6 nitrogen and oxygen atoms in total. The Hall–Kier alpha value is -2.80. The van der Waals surface area contributed by atoms with Crippen molar-refractivity contribution in [2.45, 2.75) is 4.90 Å². The van der Waals surface area contributed by atoms with Crippen LogP contribution in [0.15, 0.2) is 58.7 Å². The topological polar surface area (TPSA) is 60.2 Å². The van der Waals surface area contributed by atoms with Crippen molar-refractivity contribution in [2.75, 3.05) is 32.4 Å². The molecule has 0 saturated carbocycles. The van der Waals surface area contributed by atoms with Gasteiger partial charge in [0.05, 0.1) is 23.4 Å². The molecule has 2 aromatic heterocycles. The highest BCUT2D eigenvalue weighted by Crippen LogP contribution is 2.32. The van der Waals surface area contributed by atoms with E-state index in [1.54, 1.807) is 30.4 Å². The second-order valence-corrected chi connectivity index (χ2v) is 6.60. The maximum atomic E-state index is 13.1. The molecule has 0 radical (unpaired) electrons. The average molecular weight is 368 g/mol. The Morgan fingerprint density at radius 2 is 1.88 bits per heavy atom. The van der Waals surface area contributed by atoms with Crippen LogP contribution >= 0.6 is 11.8 Å². The Morgan fingerprint density at radius 1 is 1.15 bits per heavy atom. The van der Waals surface area contributed by atoms with Crippen LogP contribution in [0.1, 0.15) is 0 Å². The minimum absolute atomic E-state index is 0.110. The molecule has 3 aromatic rings. The van der Waals surface area contributed by atoms with Gasteiger partial charge in [-0.2, -0.15) is 0 Å². The fourth-order valence-electron chi connectivity index (χ4n) is 2.70. The van der Waals surface area contributed by atoms with Crippen LogP contribution in [0, 0.1) is 0 Å².